The lowest BCUT2D eigenvalue weighted by atomic mass is 10.1. The van der Waals surface area contributed by atoms with Gasteiger partial charge in [0.1, 0.15) is 5.75 Å². The second kappa shape index (κ2) is 7.27. The lowest BCUT2D eigenvalue weighted by molar-refractivity contribution is -0.131. The fourth-order valence-corrected chi connectivity index (χ4v) is 3.81. The number of carboxylic acids is 1. The minimum Gasteiger partial charge on any atom is -0.491 e. The van der Waals surface area contributed by atoms with Crippen LogP contribution in [-0.2, 0) is 4.79 Å². The van der Waals surface area contributed by atoms with Crippen LogP contribution in [0.2, 0.25) is 0 Å². The maximum atomic E-state index is 10.5. The molecule has 0 amide bonds. The highest BCUT2D eigenvalue weighted by Gasteiger charge is 2.17. The molecule has 0 aromatic heterocycles. The molecule has 1 N–H and O–H groups in total. The van der Waals surface area contributed by atoms with Crippen LogP contribution in [0, 0.1) is 5.92 Å². The zero-order valence-corrected chi connectivity index (χ0v) is 14.1. The summed E-state index contributed by atoms with van der Waals surface area (Å²) in [7, 11) is 0. The van der Waals surface area contributed by atoms with Gasteiger partial charge >= 0.3 is 5.97 Å². The highest BCUT2D eigenvalue weighted by molar-refractivity contribution is 9.11. The third-order valence-corrected chi connectivity index (χ3v) is 4.56. The first-order valence-electron chi connectivity index (χ1n) is 6.59. The Hall–Kier alpha value is -0.810. The van der Waals surface area contributed by atoms with Gasteiger partial charge in [-0.05, 0) is 74.4 Å². The predicted molar refractivity (Wildman–Crippen MR) is 86.0 cm³/mol. The van der Waals surface area contributed by atoms with E-state index in [1.165, 1.54) is 25.7 Å². The fraction of sp³-hybridized carbons (Fsp3) is 0.400. The number of hydrogen-bond donors (Lipinski definition) is 1. The number of rotatable bonds is 5. The first kappa shape index (κ1) is 15.6. The molecule has 1 fully saturated rings. The minimum atomic E-state index is -0.959. The fourth-order valence-electron chi connectivity index (χ4n) is 2.36. The summed E-state index contributed by atoms with van der Waals surface area (Å²) in [6, 6.07) is 3.71. The summed E-state index contributed by atoms with van der Waals surface area (Å²) in [5.41, 5.74) is 0.805. The van der Waals surface area contributed by atoms with Crippen LogP contribution in [0.15, 0.2) is 27.2 Å². The summed E-state index contributed by atoms with van der Waals surface area (Å²) >= 11 is 6.96. The Labute approximate surface area is 135 Å². The van der Waals surface area contributed by atoms with E-state index >= 15 is 0 Å². The van der Waals surface area contributed by atoms with Gasteiger partial charge in [-0.1, -0.05) is 12.8 Å². The summed E-state index contributed by atoms with van der Waals surface area (Å²) in [4.78, 5) is 10.5. The van der Waals surface area contributed by atoms with E-state index < -0.39 is 5.97 Å². The molecule has 0 atom stereocenters. The molecular weight excluding hydrogens is 388 g/mol. The van der Waals surface area contributed by atoms with E-state index in [1.807, 2.05) is 12.1 Å². The molecule has 1 aromatic rings. The topological polar surface area (TPSA) is 46.5 Å². The molecule has 1 aliphatic rings. The normalized spacial score (nSPS) is 15.9. The number of halogens is 2. The van der Waals surface area contributed by atoms with Crippen LogP contribution in [0.1, 0.15) is 31.2 Å². The molecule has 1 saturated carbocycles. The van der Waals surface area contributed by atoms with E-state index in [-0.39, 0.29) is 0 Å². The van der Waals surface area contributed by atoms with Crippen molar-refractivity contribution in [1.29, 1.82) is 0 Å². The molecule has 108 valence electrons. The second-order valence-corrected chi connectivity index (χ2v) is 6.66. The van der Waals surface area contributed by atoms with E-state index in [0.717, 1.165) is 32.9 Å². The van der Waals surface area contributed by atoms with E-state index in [2.05, 4.69) is 31.9 Å². The average molecular weight is 404 g/mol. The van der Waals surface area contributed by atoms with Crippen LogP contribution in [-0.4, -0.2) is 17.7 Å². The molecule has 0 saturated heterocycles. The van der Waals surface area contributed by atoms with Crippen molar-refractivity contribution in [2.45, 2.75) is 25.7 Å². The predicted octanol–water partition coefficient (Wildman–Crippen LogP) is 4.88. The van der Waals surface area contributed by atoms with Crippen molar-refractivity contribution in [3.8, 4) is 5.75 Å². The molecule has 0 unspecified atom stereocenters. The van der Waals surface area contributed by atoms with Gasteiger partial charge in [0, 0.05) is 6.08 Å². The zero-order valence-electron chi connectivity index (χ0n) is 10.9. The van der Waals surface area contributed by atoms with Gasteiger partial charge in [-0.25, -0.2) is 4.79 Å². The molecule has 0 spiro atoms. The molecule has 0 heterocycles. The summed E-state index contributed by atoms with van der Waals surface area (Å²) in [5, 5.41) is 8.64. The largest absolute Gasteiger partial charge is 0.491 e. The maximum Gasteiger partial charge on any atom is 0.328 e. The van der Waals surface area contributed by atoms with Crippen LogP contribution >= 0.6 is 31.9 Å². The monoisotopic (exact) mass is 402 g/mol. The molecule has 20 heavy (non-hydrogen) atoms. The van der Waals surface area contributed by atoms with Crippen molar-refractivity contribution in [3.05, 3.63) is 32.7 Å². The molecule has 2 rings (SSSR count). The van der Waals surface area contributed by atoms with Gasteiger partial charge < -0.3 is 9.84 Å². The lowest BCUT2D eigenvalue weighted by Crippen LogP contribution is -2.08. The summed E-state index contributed by atoms with van der Waals surface area (Å²) in [5.74, 6) is 0.476. The smallest absolute Gasteiger partial charge is 0.328 e. The van der Waals surface area contributed by atoms with E-state index in [1.54, 1.807) is 6.08 Å². The molecule has 1 aromatic carbocycles. The van der Waals surface area contributed by atoms with Crippen molar-refractivity contribution in [2.24, 2.45) is 5.92 Å². The van der Waals surface area contributed by atoms with Gasteiger partial charge in [-0.3, -0.25) is 0 Å². The van der Waals surface area contributed by atoms with Gasteiger partial charge in [-0.2, -0.15) is 0 Å². The zero-order chi connectivity index (χ0) is 14.5. The van der Waals surface area contributed by atoms with Crippen molar-refractivity contribution in [1.82, 2.24) is 0 Å². The van der Waals surface area contributed by atoms with E-state index in [0.29, 0.717) is 5.92 Å². The lowest BCUT2D eigenvalue weighted by Gasteiger charge is -2.14. The van der Waals surface area contributed by atoms with Gasteiger partial charge in [-0.15, -0.1) is 0 Å². The summed E-state index contributed by atoms with van der Waals surface area (Å²) in [6.07, 6.45) is 7.76. The number of ether oxygens (including phenoxy) is 1. The Morgan fingerprint density at radius 2 is 1.90 bits per heavy atom. The van der Waals surface area contributed by atoms with Crippen molar-refractivity contribution >= 4 is 43.9 Å². The highest BCUT2D eigenvalue weighted by Crippen LogP contribution is 2.36. The number of aliphatic carboxylic acids is 1. The maximum absolute atomic E-state index is 10.5. The number of benzene rings is 1. The van der Waals surface area contributed by atoms with Crippen molar-refractivity contribution in [3.63, 3.8) is 0 Å². The van der Waals surface area contributed by atoms with Gasteiger partial charge in [0.15, 0.2) is 0 Å². The standard InChI is InChI=1S/C15H16Br2O3/c16-12-7-11(5-6-14(18)19)8-13(17)15(12)20-9-10-3-1-2-4-10/h5-8,10H,1-4,9H2,(H,18,19)/b6-5+. The Kier molecular flexibility index (Phi) is 5.66. The quantitative estimate of drug-likeness (QED) is 0.712. The molecule has 0 radical (unpaired) electrons. The molecule has 3 nitrogen and oxygen atoms in total. The molecule has 0 aliphatic heterocycles. The second-order valence-electron chi connectivity index (χ2n) is 4.95. The average Bonchev–Trinajstić information content (AvgIpc) is 2.88. The SMILES string of the molecule is O=C(O)/C=C/c1cc(Br)c(OCC2CCCC2)c(Br)c1. The molecular formula is C15H16Br2O3. The number of hydrogen-bond acceptors (Lipinski definition) is 2. The molecule has 0 bridgehead atoms. The highest BCUT2D eigenvalue weighted by atomic mass is 79.9. The van der Waals surface area contributed by atoms with Crippen LogP contribution in [0.25, 0.3) is 6.08 Å². The Bertz CT molecular complexity index is 497. The first-order chi connectivity index (χ1) is 9.56. The summed E-state index contributed by atoms with van der Waals surface area (Å²) < 4.78 is 7.56. The van der Waals surface area contributed by atoms with Gasteiger partial charge in [0.05, 0.1) is 15.6 Å². The van der Waals surface area contributed by atoms with Crippen LogP contribution < -0.4 is 4.74 Å². The van der Waals surface area contributed by atoms with Crippen molar-refractivity contribution < 1.29 is 14.6 Å². The third-order valence-electron chi connectivity index (χ3n) is 3.38. The van der Waals surface area contributed by atoms with E-state index in [9.17, 15) is 4.79 Å². The van der Waals surface area contributed by atoms with Crippen LogP contribution in [0.3, 0.4) is 0 Å². The Balaban J connectivity index is 2.07. The third kappa shape index (κ3) is 4.35. The Morgan fingerprint density at radius 1 is 1.30 bits per heavy atom. The number of carboxylic acid groups (broad SMARTS) is 1. The first-order valence-corrected chi connectivity index (χ1v) is 8.17. The minimum absolute atomic E-state index is 0.653. The van der Waals surface area contributed by atoms with Gasteiger partial charge in [0.25, 0.3) is 0 Å². The van der Waals surface area contributed by atoms with Crippen LogP contribution in [0.5, 0.6) is 5.75 Å². The summed E-state index contributed by atoms with van der Waals surface area (Å²) in [6.45, 7) is 0.738. The Morgan fingerprint density at radius 3 is 2.45 bits per heavy atom. The van der Waals surface area contributed by atoms with Crippen molar-refractivity contribution in [2.75, 3.05) is 6.61 Å². The van der Waals surface area contributed by atoms with Gasteiger partial charge in [0.2, 0.25) is 0 Å². The molecule has 5 heteroatoms. The van der Waals surface area contributed by atoms with Crippen LogP contribution in [0.4, 0.5) is 0 Å². The molecule has 1 aliphatic carbocycles. The number of carbonyl (C=O) groups is 1. The van der Waals surface area contributed by atoms with E-state index in [4.69, 9.17) is 9.84 Å².